The summed E-state index contributed by atoms with van der Waals surface area (Å²) in [6.07, 6.45) is 0.217. The van der Waals surface area contributed by atoms with Gasteiger partial charge in [-0.2, -0.15) is 5.10 Å². The van der Waals surface area contributed by atoms with Crippen LogP contribution in [0.25, 0.3) is 6.08 Å². The van der Waals surface area contributed by atoms with E-state index < -0.39 is 29.3 Å². The molecular weight excluding hydrogens is 441 g/mol. The number of halogens is 1. The number of amides is 1. The third-order valence-corrected chi connectivity index (χ3v) is 6.31. The van der Waals surface area contributed by atoms with Crippen LogP contribution in [-0.4, -0.2) is 54.5 Å². The van der Waals surface area contributed by atoms with Crippen LogP contribution in [0.15, 0.2) is 18.7 Å². The Morgan fingerprint density at radius 3 is 2.50 bits per heavy atom. The van der Waals surface area contributed by atoms with E-state index in [0.29, 0.717) is 11.6 Å². The van der Waals surface area contributed by atoms with Crippen molar-refractivity contribution >= 4 is 29.8 Å². The molecule has 9 nitrogen and oxygen atoms in total. The quantitative estimate of drug-likeness (QED) is 0.559. The number of anilines is 2. The summed E-state index contributed by atoms with van der Waals surface area (Å²) in [7, 11) is 0. The fourth-order valence-electron chi connectivity index (χ4n) is 4.65. The SMILES string of the molecule is C=Cc1cc(Nc2cc(C)n(C(C)(C)C)n2)nc(CC2(C(=O)O)CCN(C(=O)O)C(C)C2)c1F. The molecular formula is C24H32FN5O4. The van der Waals surface area contributed by atoms with Gasteiger partial charge < -0.3 is 20.4 Å². The first-order valence-corrected chi connectivity index (χ1v) is 11.2. The van der Waals surface area contributed by atoms with Crippen molar-refractivity contribution in [2.75, 3.05) is 11.9 Å². The minimum atomic E-state index is -1.33. The van der Waals surface area contributed by atoms with Gasteiger partial charge in [0, 0.05) is 36.3 Å². The van der Waals surface area contributed by atoms with E-state index >= 15 is 4.39 Å². The molecule has 1 saturated heterocycles. The van der Waals surface area contributed by atoms with E-state index in [0.717, 1.165) is 5.69 Å². The van der Waals surface area contributed by atoms with E-state index in [1.54, 1.807) is 6.92 Å². The van der Waals surface area contributed by atoms with Gasteiger partial charge in [-0.25, -0.2) is 14.2 Å². The van der Waals surface area contributed by atoms with Crippen molar-refractivity contribution in [3.63, 3.8) is 0 Å². The van der Waals surface area contributed by atoms with Gasteiger partial charge in [0.1, 0.15) is 5.82 Å². The molecule has 0 bridgehead atoms. The monoisotopic (exact) mass is 473 g/mol. The summed E-state index contributed by atoms with van der Waals surface area (Å²) in [5, 5.41) is 27.1. The molecule has 34 heavy (non-hydrogen) atoms. The van der Waals surface area contributed by atoms with Gasteiger partial charge in [-0.15, -0.1) is 0 Å². The first-order chi connectivity index (χ1) is 15.8. The number of pyridine rings is 1. The lowest BCUT2D eigenvalue weighted by atomic mass is 9.72. The standard InChI is InChI=1S/C24H32FN5O4/c1-7-16-11-18(27-19-10-14(2)30(28-19)23(4,5)6)26-17(20(16)25)13-24(21(31)32)8-9-29(22(33)34)15(3)12-24/h7,10-11,15H,1,8-9,12-13H2,2-6H3,(H,31,32)(H,33,34)(H,26,27,28). The Bertz CT molecular complexity index is 1120. The number of rotatable bonds is 6. The van der Waals surface area contributed by atoms with Crippen LogP contribution in [0.3, 0.4) is 0 Å². The van der Waals surface area contributed by atoms with E-state index in [-0.39, 0.29) is 42.6 Å². The molecule has 184 valence electrons. The minimum absolute atomic E-state index is 0.00903. The number of aryl methyl sites for hydroxylation is 1. The minimum Gasteiger partial charge on any atom is -0.481 e. The highest BCUT2D eigenvalue weighted by molar-refractivity contribution is 5.76. The Morgan fingerprint density at radius 1 is 1.32 bits per heavy atom. The molecule has 1 aliphatic heterocycles. The van der Waals surface area contributed by atoms with Gasteiger partial charge in [0.25, 0.3) is 0 Å². The van der Waals surface area contributed by atoms with E-state index in [9.17, 15) is 19.8 Å². The zero-order chi connectivity index (χ0) is 25.4. The smallest absolute Gasteiger partial charge is 0.407 e. The third-order valence-electron chi connectivity index (χ3n) is 6.31. The number of nitrogens with one attached hydrogen (secondary N) is 1. The van der Waals surface area contributed by atoms with Gasteiger partial charge in [-0.05, 0) is 53.5 Å². The van der Waals surface area contributed by atoms with Crippen molar-refractivity contribution in [3.05, 3.63) is 41.5 Å². The van der Waals surface area contributed by atoms with Gasteiger partial charge in [-0.1, -0.05) is 12.7 Å². The maximum Gasteiger partial charge on any atom is 0.407 e. The lowest BCUT2D eigenvalue weighted by Gasteiger charge is -2.42. The Kier molecular flexibility index (Phi) is 6.73. The Labute approximate surface area is 198 Å². The summed E-state index contributed by atoms with van der Waals surface area (Å²) in [5.41, 5.74) is -0.445. The molecule has 2 unspecified atom stereocenters. The molecule has 1 amide bonds. The van der Waals surface area contributed by atoms with Crippen molar-refractivity contribution in [1.82, 2.24) is 19.7 Å². The molecule has 2 aromatic heterocycles. The van der Waals surface area contributed by atoms with Gasteiger partial charge in [-0.3, -0.25) is 9.48 Å². The predicted molar refractivity (Wildman–Crippen MR) is 127 cm³/mol. The van der Waals surface area contributed by atoms with Gasteiger partial charge >= 0.3 is 12.1 Å². The molecule has 3 heterocycles. The van der Waals surface area contributed by atoms with Crippen LogP contribution in [0.4, 0.5) is 20.8 Å². The van der Waals surface area contributed by atoms with E-state index in [1.807, 2.05) is 38.4 Å². The fraction of sp³-hybridized carbons (Fsp3) is 0.500. The van der Waals surface area contributed by atoms with Gasteiger partial charge in [0.15, 0.2) is 11.6 Å². The molecule has 0 radical (unpaired) electrons. The normalized spacial score (nSPS) is 20.8. The molecule has 1 fully saturated rings. The third kappa shape index (κ3) is 4.90. The maximum absolute atomic E-state index is 15.2. The van der Waals surface area contributed by atoms with Crippen LogP contribution >= 0.6 is 0 Å². The Balaban J connectivity index is 1.96. The summed E-state index contributed by atoms with van der Waals surface area (Å²) < 4.78 is 17.1. The molecule has 2 atom stereocenters. The second-order valence-corrected chi connectivity index (χ2v) is 9.98. The number of hydrogen-bond donors (Lipinski definition) is 3. The van der Waals surface area contributed by atoms with Crippen LogP contribution in [0.1, 0.15) is 57.5 Å². The number of aromatic nitrogens is 3. The molecule has 10 heteroatoms. The molecule has 0 aliphatic carbocycles. The predicted octanol–water partition coefficient (Wildman–Crippen LogP) is 4.64. The average Bonchev–Trinajstić information content (AvgIpc) is 3.10. The molecule has 0 aromatic carbocycles. The Morgan fingerprint density at radius 2 is 2.00 bits per heavy atom. The lowest BCUT2D eigenvalue weighted by Crippen LogP contribution is -2.51. The highest BCUT2D eigenvalue weighted by Gasteiger charge is 2.46. The van der Waals surface area contributed by atoms with Crippen LogP contribution in [0, 0.1) is 18.2 Å². The lowest BCUT2D eigenvalue weighted by molar-refractivity contribution is -0.153. The summed E-state index contributed by atoms with van der Waals surface area (Å²) in [6.45, 7) is 13.4. The summed E-state index contributed by atoms with van der Waals surface area (Å²) in [5.74, 6) is -0.875. The zero-order valence-electron chi connectivity index (χ0n) is 20.2. The molecule has 3 N–H and O–H groups in total. The number of aliphatic carboxylic acids is 1. The Hall–Kier alpha value is -3.43. The number of carbonyl (C=O) groups is 2. The van der Waals surface area contributed by atoms with Crippen molar-refractivity contribution < 1.29 is 24.2 Å². The second-order valence-electron chi connectivity index (χ2n) is 9.98. The number of carboxylic acids is 1. The van der Waals surface area contributed by atoms with Crippen molar-refractivity contribution in [2.24, 2.45) is 5.41 Å². The number of hydrogen-bond acceptors (Lipinski definition) is 5. The van der Waals surface area contributed by atoms with Crippen LogP contribution in [-0.2, 0) is 16.8 Å². The van der Waals surface area contributed by atoms with Crippen molar-refractivity contribution in [3.8, 4) is 0 Å². The summed E-state index contributed by atoms with van der Waals surface area (Å²) >= 11 is 0. The topological polar surface area (TPSA) is 121 Å². The van der Waals surface area contributed by atoms with Gasteiger partial charge in [0.2, 0.25) is 0 Å². The van der Waals surface area contributed by atoms with Gasteiger partial charge in [0.05, 0.1) is 16.6 Å². The summed E-state index contributed by atoms with van der Waals surface area (Å²) in [4.78, 5) is 29.4. The van der Waals surface area contributed by atoms with Crippen LogP contribution in [0.2, 0.25) is 0 Å². The molecule has 0 spiro atoms. The molecule has 2 aromatic rings. The van der Waals surface area contributed by atoms with Crippen LogP contribution < -0.4 is 5.32 Å². The summed E-state index contributed by atoms with van der Waals surface area (Å²) in [6, 6.07) is 2.83. The van der Waals surface area contributed by atoms with Crippen LogP contribution in [0.5, 0.6) is 0 Å². The number of likely N-dealkylation sites (tertiary alicyclic amines) is 1. The molecule has 1 aliphatic rings. The molecule has 3 rings (SSSR count). The zero-order valence-corrected chi connectivity index (χ0v) is 20.2. The average molecular weight is 474 g/mol. The second kappa shape index (κ2) is 9.08. The maximum atomic E-state index is 15.2. The highest BCUT2D eigenvalue weighted by atomic mass is 19.1. The number of piperidine rings is 1. The van der Waals surface area contributed by atoms with E-state index in [1.165, 1.54) is 17.0 Å². The first kappa shape index (κ1) is 25.2. The van der Waals surface area contributed by atoms with Crippen molar-refractivity contribution in [1.29, 1.82) is 0 Å². The van der Waals surface area contributed by atoms with E-state index in [2.05, 4.69) is 22.0 Å². The number of carboxylic acid groups (broad SMARTS) is 2. The van der Waals surface area contributed by atoms with E-state index in [4.69, 9.17) is 0 Å². The molecule has 0 saturated carbocycles. The first-order valence-electron chi connectivity index (χ1n) is 11.2. The van der Waals surface area contributed by atoms with Crippen molar-refractivity contribution in [2.45, 2.75) is 65.5 Å². The fourth-order valence-corrected chi connectivity index (χ4v) is 4.65. The largest absolute Gasteiger partial charge is 0.481 e. The number of nitrogens with zero attached hydrogens (tertiary/aromatic N) is 4. The highest BCUT2D eigenvalue weighted by Crippen LogP contribution is 2.39.